The number of benzene rings is 2. The van der Waals surface area contributed by atoms with E-state index in [4.69, 9.17) is 74.6 Å². The number of anilines is 3. The van der Waals surface area contributed by atoms with E-state index in [2.05, 4.69) is 35.5 Å². The van der Waals surface area contributed by atoms with Crippen molar-refractivity contribution in [3.63, 3.8) is 0 Å². The van der Waals surface area contributed by atoms with Crippen LogP contribution in [0.15, 0.2) is 119 Å². The summed E-state index contributed by atoms with van der Waals surface area (Å²) in [6.45, 7) is 16.4. The number of hydrogen-bond donors (Lipinski definition) is 7. The minimum atomic E-state index is -2.50. The minimum Gasteiger partial charge on any atom is -0.459 e. The maximum atomic E-state index is 14.8. The highest BCUT2D eigenvalue weighted by molar-refractivity contribution is 6.39. The van der Waals surface area contributed by atoms with E-state index in [1.165, 1.54) is 19.3 Å². The number of rotatable bonds is 31. The number of ether oxygens (including phenoxy) is 8. The number of nitrogens with two attached hydrogens (primary N) is 3. The van der Waals surface area contributed by atoms with E-state index in [1.54, 1.807) is 62.8 Å². The average molecular weight is 1800 g/mol. The molecule has 4 fully saturated rings. The van der Waals surface area contributed by atoms with E-state index >= 15 is 0 Å². The number of nitrogen functional groups attached to an aromatic ring is 2. The highest BCUT2D eigenvalue weighted by atomic mass is 16.6. The summed E-state index contributed by atoms with van der Waals surface area (Å²) in [5.74, 6) is -8.25. The van der Waals surface area contributed by atoms with Crippen molar-refractivity contribution in [2.24, 2.45) is 35.3 Å². The van der Waals surface area contributed by atoms with Crippen LogP contribution in [0.3, 0.4) is 0 Å². The zero-order chi connectivity index (χ0) is 92.5. The minimum absolute atomic E-state index is 0.0134. The molecule has 4 aliphatic heterocycles. The molecular weight excluding hydrogens is 1670 g/mol. The maximum Gasteiger partial charge on any atom is 0.329 e. The normalized spacial score (nSPS) is 26.8. The number of carbonyl (C=O) groups excluding carboxylic acids is 7. The third-order valence-corrected chi connectivity index (χ3v) is 25.5. The van der Waals surface area contributed by atoms with Crippen molar-refractivity contribution in [1.29, 1.82) is 0 Å². The molecule has 2 bridgehead atoms. The number of piperazine rings is 1. The summed E-state index contributed by atoms with van der Waals surface area (Å²) in [4.78, 5) is 125. The number of esters is 1. The first-order valence-electron chi connectivity index (χ1n) is 45.6. The first-order valence-corrected chi connectivity index (χ1v) is 45.6. The van der Waals surface area contributed by atoms with Crippen LogP contribution in [0.2, 0.25) is 0 Å². The van der Waals surface area contributed by atoms with Crippen LogP contribution >= 0.6 is 0 Å². The standard InChI is InChI=1S/C94H129N17O19/c1-58-17-10-9-11-18-59(2)77(122-7)51-70-26-22-63(6)94(121,130-70)87(118)90(119)110-32-14-12-21-73(110)91(120)128-78(52-74(112)60(3)46-62(5)85(116)86(117)84(115)61(4)45-58)71(95)48-64-23-27-76(79(49-64)123-8)127-56-65-19-16-20-66(47-65)68-53-99-93(100-54-68)108-36-34-107(35-37-108)81(114)29-25-69-55-109(106-104-69)38-40-125-42-44-126-43-41-124-39-30-80(113)98-31-13-15-33-111-89-82(88(96)101-57-102-89)83(105-111)67-24-28-75-72(50-67)103-92(97)129-75/h9-11,16-20,24,28,46-47,50,53-55,57-58,60-61,63-64,70-71,73,76-79,85-86,116-117,121H,12-15,21-23,25-27,29-45,48-49,51-52,56,95H2,1-8H3,(H2,97,103)(H,98,113)(H2,96,101,102)/b11-9+,17-10+,59-18+,62-46+/t58-,60-,61-,63-,64+,70+,71-,73+,76-,77+,78+,79-,85-,86+,94-/m1/s1. The van der Waals surface area contributed by atoms with Crippen LogP contribution in [0.4, 0.5) is 17.8 Å². The summed E-state index contributed by atoms with van der Waals surface area (Å²) in [6, 6.07) is 11.4. The number of ketones is 3. The van der Waals surface area contributed by atoms with Crippen molar-refractivity contribution in [1.82, 2.24) is 64.8 Å². The average Bonchev–Trinajstić information content (AvgIpc) is 1.39. The fourth-order valence-electron chi connectivity index (χ4n) is 17.7. The van der Waals surface area contributed by atoms with E-state index < -0.39 is 95.4 Å². The first-order chi connectivity index (χ1) is 62.6. The fourth-order valence-corrected chi connectivity index (χ4v) is 17.7. The molecule has 15 atom stereocenters. The van der Waals surface area contributed by atoms with Gasteiger partial charge in [0.15, 0.2) is 17.0 Å². The molecule has 0 unspecified atom stereocenters. The molecule has 3 saturated heterocycles. The number of nitrogens with one attached hydrogen (secondary N) is 1. The van der Waals surface area contributed by atoms with Gasteiger partial charge in [-0.1, -0.05) is 87.6 Å². The van der Waals surface area contributed by atoms with Gasteiger partial charge in [0.2, 0.25) is 23.5 Å². The van der Waals surface area contributed by atoms with Crippen molar-refractivity contribution in [2.75, 3.05) is 109 Å². The Hall–Kier alpha value is -10.5. The number of fused-ring (bicyclic) bond motifs is 5. The summed E-state index contributed by atoms with van der Waals surface area (Å²) in [7, 11) is 3.19. The molecule has 9 heterocycles. The molecule has 3 amide bonds. The van der Waals surface area contributed by atoms with Gasteiger partial charge in [-0.3, -0.25) is 28.8 Å². The van der Waals surface area contributed by atoms with Gasteiger partial charge in [0, 0.05) is 146 Å². The molecule has 36 nitrogen and oxygen atoms in total. The van der Waals surface area contributed by atoms with Gasteiger partial charge in [-0.05, 0) is 149 Å². The number of aryl methyl sites for hydroxylation is 2. The molecule has 5 aliphatic rings. The van der Waals surface area contributed by atoms with Crippen LogP contribution in [0.5, 0.6) is 0 Å². The highest BCUT2D eigenvalue weighted by Crippen LogP contribution is 2.39. The molecule has 0 radical (unpaired) electrons. The number of aliphatic hydroxyl groups is 3. The molecule has 5 aromatic heterocycles. The second-order valence-corrected chi connectivity index (χ2v) is 35.1. The number of oxazole rings is 1. The predicted molar refractivity (Wildman–Crippen MR) is 483 cm³/mol. The SMILES string of the molecule is CO[C@H]1C[C@@H]2CC[C@@H](C)[C@@](O)(O2)C(=O)C(=O)N2CCCC[C@H]2C(=O)O[C@H]([C@H](N)C[C@@H]2CC[C@@H](OCc3cccc(-c4cnc(N5CCN(C(=O)CCc6cn(CCOCCOCCOCCC(=O)NCCCCn7nc(-c8ccc9oc(N)nc9c8)c8c(N)ncnc87)nn6)CC5)nc4)c3)[C@H](OC)C2)CC(=O)[C@H](C)/C=C(\C)[C@@H](O)[C@@H](O)C(=O)[C@H](C)C[C@H](C)/C=C/C=C/C=C/1C. The number of nitrogens with zero attached hydrogens (tertiary/aromatic N) is 13. The number of methoxy groups -OCH3 is 2. The van der Waals surface area contributed by atoms with E-state index in [-0.39, 0.29) is 99.3 Å². The number of unbranched alkanes of at least 4 members (excludes halogenated alkanes) is 1. The molecule has 704 valence electrons. The van der Waals surface area contributed by atoms with Crippen LogP contribution in [0.25, 0.3) is 44.5 Å². The molecule has 130 heavy (non-hydrogen) atoms. The van der Waals surface area contributed by atoms with Gasteiger partial charge in [-0.2, -0.15) is 10.1 Å². The van der Waals surface area contributed by atoms with Gasteiger partial charge >= 0.3 is 5.97 Å². The Bertz CT molecular complexity index is 5080. The number of hydrogen-bond acceptors (Lipinski definition) is 31. The van der Waals surface area contributed by atoms with Crippen molar-refractivity contribution in [3.8, 4) is 22.4 Å². The lowest BCUT2D eigenvalue weighted by Gasteiger charge is -2.42. The van der Waals surface area contributed by atoms with E-state index in [9.17, 15) is 48.9 Å². The van der Waals surface area contributed by atoms with Crippen molar-refractivity contribution in [3.05, 3.63) is 126 Å². The number of aliphatic hydroxyl groups excluding tert-OH is 2. The fraction of sp³-hybridized carbons (Fsp3) is 0.585. The largest absolute Gasteiger partial charge is 0.459 e. The molecule has 36 heteroatoms. The second-order valence-electron chi connectivity index (χ2n) is 35.1. The second kappa shape index (κ2) is 47.5. The van der Waals surface area contributed by atoms with Gasteiger partial charge in [0.05, 0.1) is 88.3 Å². The Labute approximate surface area is 757 Å². The lowest BCUT2D eigenvalue weighted by Crippen LogP contribution is -2.61. The number of cyclic esters (lactones) is 1. The smallest absolute Gasteiger partial charge is 0.329 e. The van der Waals surface area contributed by atoms with Gasteiger partial charge in [-0.25, -0.2) is 34.1 Å². The molecular formula is C94H129N17O19. The zero-order valence-electron chi connectivity index (χ0n) is 75.9. The summed E-state index contributed by atoms with van der Waals surface area (Å²) < 4.78 is 57.1. The Morgan fingerprint density at radius 1 is 0.754 bits per heavy atom. The van der Waals surface area contributed by atoms with E-state index in [1.807, 2.05) is 91.7 Å². The Balaban J connectivity index is 0.546. The molecule has 2 aromatic carbocycles. The Morgan fingerprint density at radius 2 is 1.52 bits per heavy atom. The topological polar surface area (TPSA) is 480 Å². The lowest BCUT2D eigenvalue weighted by molar-refractivity contribution is -0.265. The number of allylic oxidation sites excluding steroid dienone is 6. The van der Waals surface area contributed by atoms with Gasteiger partial charge < -0.3 is 94.8 Å². The Morgan fingerprint density at radius 3 is 2.29 bits per heavy atom. The van der Waals surface area contributed by atoms with Crippen LogP contribution in [0.1, 0.15) is 156 Å². The lowest BCUT2D eigenvalue weighted by atomic mass is 9.80. The predicted octanol–water partition coefficient (Wildman–Crippen LogP) is 7.92. The highest BCUT2D eigenvalue weighted by Gasteiger charge is 2.53. The number of carbonyl (C=O) groups is 7. The summed E-state index contributed by atoms with van der Waals surface area (Å²) >= 11 is 0. The third kappa shape index (κ3) is 26.5. The molecule has 12 rings (SSSR count). The van der Waals surface area contributed by atoms with Crippen LogP contribution in [0, 0.1) is 29.6 Å². The summed E-state index contributed by atoms with van der Waals surface area (Å²) in [6.07, 6.45) is 18.0. The third-order valence-electron chi connectivity index (χ3n) is 25.5. The summed E-state index contributed by atoms with van der Waals surface area (Å²) in [5, 5.41) is 51.7. The molecule has 7 aromatic rings. The molecule has 10 N–H and O–H groups in total. The maximum absolute atomic E-state index is 14.8. The quantitative estimate of drug-likeness (QED) is 0.00938. The number of aromatic nitrogens is 10. The first kappa shape index (κ1) is 98.5. The van der Waals surface area contributed by atoms with Crippen LogP contribution in [-0.4, -0.2) is 270 Å². The molecule has 1 saturated carbocycles. The van der Waals surface area contributed by atoms with Gasteiger partial charge in [0.25, 0.3) is 17.7 Å². The number of piperidine rings is 1. The Kier molecular flexibility index (Phi) is 36.0. The monoisotopic (exact) mass is 1800 g/mol. The van der Waals surface area contributed by atoms with Gasteiger partial charge in [0.1, 0.15) is 53.5 Å². The van der Waals surface area contributed by atoms with Crippen molar-refractivity contribution < 1.29 is 91.2 Å². The van der Waals surface area contributed by atoms with E-state index in [0.717, 1.165) is 45.6 Å². The molecule has 1 aliphatic carbocycles. The summed E-state index contributed by atoms with van der Waals surface area (Å²) in [5.41, 5.74) is 26.7. The zero-order valence-corrected chi connectivity index (χ0v) is 75.9. The molecule has 0 spiro atoms. The number of amides is 3. The number of Topliss-reactive ketones (excluding diaryl/α,β-unsaturated/α-hetero) is 3. The van der Waals surface area contributed by atoms with Crippen molar-refractivity contribution >= 4 is 81.0 Å². The van der Waals surface area contributed by atoms with E-state index in [0.29, 0.717) is 188 Å². The van der Waals surface area contributed by atoms with Gasteiger partial charge in [-0.15, -0.1) is 5.10 Å². The van der Waals surface area contributed by atoms with Crippen LogP contribution < -0.4 is 27.4 Å². The van der Waals surface area contributed by atoms with Crippen molar-refractivity contribution in [2.45, 2.75) is 231 Å². The van der Waals surface area contributed by atoms with Crippen LogP contribution in [-0.2, 0) is 97.6 Å².